The fraction of sp³-hybridized carbons (Fsp3) is 0.250. The van der Waals surface area contributed by atoms with Crippen LogP contribution in [0.1, 0.15) is 33.2 Å². The van der Waals surface area contributed by atoms with Crippen molar-refractivity contribution in [1.82, 2.24) is 0 Å². The molecule has 0 spiro atoms. The van der Waals surface area contributed by atoms with E-state index < -0.39 is 11.9 Å². The number of Topliss-reactive ketones (excluding diaryl/α,β-unsaturated/α-hetero) is 1. The third kappa shape index (κ3) is 5.07. The fourth-order valence-electron chi connectivity index (χ4n) is 2.34. The molecular formula is C20H21NO6. The zero-order chi connectivity index (χ0) is 20.0. The molecule has 7 nitrogen and oxygen atoms in total. The molecule has 0 unspecified atom stereocenters. The average Bonchev–Trinajstić information content (AvgIpc) is 2.67. The van der Waals surface area contributed by atoms with E-state index in [0.717, 1.165) is 5.56 Å². The Bertz CT molecular complexity index is 875. The first kappa shape index (κ1) is 20.0. The second-order valence-corrected chi connectivity index (χ2v) is 5.78. The van der Waals surface area contributed by atoms with Crippen molar-refractivity contribution in [3.8, 4) is 11.5 Å². The van der Waals surface area contributed by atoms with Gasteiger partial charge in [-0.2, -0.15) is 0 Å². The highest BCUT2D eigenvalue weighted by Gasteiger charge is 2.13. The highest BCUT2D eigenvalue weighted by molar-refractivity contribution is 5.96. The van der Waals surface area contributed by atoms with Crippen molar-refractivity contribution in [1.29, 1.82) is 0 Å². The van der Waals surface area contributed by atoms with Gasteiger partial charge in [0.2, 0.25) is 0 Å². The zero-order valence-electron chi connectivity index (χ0n) is 15.6. The SMILES string of the molecule is COC(=O)c1ccc(C)c(NC(=O)COc2ccc(C(C)=O)cc2OC)c1. The summed E-state index contributed by atoms with van der Waals surface area (Å²) in [5.74, 6) is -0.287. The van der Waals surface area contributed by atoms with Gasteiger partial charge >= 0.3 is 5.97 Å². The first-order chi connectivity index (χ1) is 12.8. The van der Waals surface area contributed by atoms with Crippen LogP contribution < -0.4 is 14.8 Å². The number of carbonyl (C=O) groups excluding carboxylic acids is 3. The molecule has 1 N–H and O–H groups in total. The number of amides is 1. The van der Waals surface area contributed by atoms with E-state index in [1.165, 1.54) is 21.1 Å². The summed E-state index contributed by atoms with van der Waals surface area (Å²) >= 11 is 0. The molecule has 0 radical (unpaired) electrons. The number of hydrogen-bond acceptors (Lipinski definition) is 6. The minimum absolute atomic E-state index is 0.0986. The van der Waals surface area contributed by atoms with Crippen LogP contribution >= 0.6 is 0 Å². The van der Waals surface area contributed by atoms with Gasteiger partial charge in [0.1, 0.15) is 0 Å². The van der Waals surface area contributed by atoms with Crippen LogP contribution in [-0.2, 0) is 9.53 Å². The van der Waals surface area contributed by atoms with Gasteiger partial charge in [-0.15, -0.1) is 0 Å². The number of methoxy groups -OCH3 is 2. The van der Waals surface area contributed by atoms with Gasteiger partial charge in [-0.3, -0.25) is 9.59 Å². The molecule has 0 aliphatic heterocycles. The molecule has 0 fully saturated rings. The standard InChI is InChI=1S/C20H21NO6/c1-12-5-6-15(20(24)26-4)9-16(12)21-19(23)11-27-17-8-7-14(13(2)22)10-18(17)25-3/h5-10H,11H2,1-4H3,(H,21,23). The largest absolute Gasteiger partial charge is 0.493 e. The molecule has 0 aromatic heterocycles. The smallest absolute Gasteiger partial charge is 0.337 e. The van der Waals surface area contributed by atoms with Gasteiger partial charge in [-0.25, -0.2) is 4.79 Å². The van der Waals surface area contributed by atoms with Gasteiger partial charge < -0.3 is 19.5 Å². The molecule has 1 amide bonds. The van der Waals surface area contributed by atoms with Crippen molar-refractivity contribution >= 4 is 23.3 Å². The summed E-state index contributed by atoms with van der Waals surface area (Å²) in [5, 5.41) is 2.70. The molecule has 7 heteroatoms. The summed E-state index contributed by atoms with van der Waals surface area (Å²) < 4.78 is 15.4. The summed E-state index contributed by atoms with van der Waals surface area (Å²) in [6.07, 6.45) is 0. The van der Waals surface area contributed by atoms with E-state index >= 15 is 0 Å². The molecule has 0 bridgehead atoms. The fourth-order valence-corrected chi connectivity index (χ4v) is 2.34. The third-order valence-electron chi connectivity index (χ3n) is 3.86. The maximum atomic E-state index is 12.2. The van der Waals surface area contributed by atoms with Gasteiger partial charge in [-0.05, 0) is 49.7 Å². The Morgan fingerprint density at radius 2 is 1.67 bits per heavy atom. The van der Waals surface area contributed by atoms with Gasteiger partial charge in [-0.1, -0.05) is 6.07 Å². The van der Waals surface area contributed by atoms with E-state index in [1.54, 1.807) is 43.3 Å². The lowest BCUT2D eigenvalue weighted by molar-refractivity contribution is -0.118. The van der Waals surface area contributed by atoms with Crippen LogP contribution in [0.25, 0.3) is 0 Å². The molecule has 0 aliphatic carbocycles. The Hall–Kier alpha value is -3.35. The summed E-state index contributed by atoms with van der Waals surface area (Å²) in [6, 6.07) is 9.61. The summed E-state index contributed by atoms with van der Waals surface area (Å²) in [4.78, 5) is 35.3. The maximum absolute atomic E-state index is 12.2. The number of ketones is 1. The minimum Gasteiger partial charge on any atom is -0.493 e. The lowest BCUT2D eigenvalue weighted by Gasteiger charge is -2.13. The quantitative estimate of drug-likeness (QED) is 0.594. The number of carbonyl (C=O) groups is 3. The van der Waals surface area contributed by atoms with Crippen LogP contribution in [0.2, 0.25) is 0 Å². The summed E-state index contributed by atoms with van der Waals surface area (Å²) in [5.41, 5.74) is 2.10. The second kappa shape index (κ2) is 8.84. The van der Waals surface area contributed by atoms with E-state index in [-0.39, 0.29) is 12.4 Å². The van der Waals surface area contributed by atoms with E-state index in [9.17, 15) is 14.4 Å². The Kier molecular flexibility index (Phi) is 6.54. The Morgan fingerprint density at radius 3 is 2.30 bits per heavy atom. The van der Waals surface area contributed by atoms with Crippen molar-refractivity contribution in [2.45, 2.75) is 13.8 Å². The van der Waals surface area contributed by atoms with Crippen molar-refractivity contribution in [3.05, 3.63) is 53.1 Å². The third-order valence-corrected chi connectivity index (χ3v) is 3.86. The van der Waals surface area contributed by atoms with Crippen LogP contribution in [0.15, 0.2) is 36.4 Å². The molecule has 2 rings (SSSR count). The average molecular weight is 371 g/mol. The van der Waals surface area contributed by atoms with E-state index in [4.69, 9.17) is 9.47 Å². The highest BCUT2D eigenvalue weighted by Crippen LogP contribution is 2.28. The monoisotopic (exact) mass is 371 g/mol. The molecule has 0 heterocycles. The van der Waals surface area contributed by atoms with Gasteiger partial charge in [0.15, 0.2) is 23.9 Å². The summed E-state index contributed by atoms with van der Waals surface area (Å²) in [7, 11) is 2.74. The maximum Gasteiger partial charge on any atom is 0.337 e. The number of ether oxygens (including phenoxy) is 3. The highest BCUT2D eigenvalue weighted by atomic mass is 16.5. The molecule has 142 valence electrons. The van der Waals surface area contributed by atoms with Crippen LogP contribution in [0, 0.1) is 6.92 Å². The number of esters is 1. The first-order valence-corrected chi connectivity index (χ1v) is 8.16. The number of anilines is 1. The normalized spacial score (nSPS) is 10.1. The molecular weight excluding hydrogens is 350 g/mol. The van der Waals surface area contributed by atoms with Crippen LogP contribution in [-0.4, -0.2) is 38.5 Å². The van der Waals surface area contributed by atoms with E-state index in [1.807, 2.05) is 0 Å². The lowest BCUT2D eigenvalue weighted by Crippen LogP contribution is -2.21. The van der Waals surface area contributed by atoms with Crippen LogP contribution in [0.5, 0.6) is 11.5 Å². The molecule has 0 aliphatic rings. The van der Waals surface area contributed by atoms with Gasteiger partial charge in [0.25, 0.3) is 5.91 Å². The predicted molar refractivity (Wildman–Crippen MR) is 99.6 cm³/mol. The molecule has 2 aromatic rings. The zero-order valence-corrected chi connectivity index (χ0v) is 15.6. The van der Waals surface area contributed by atoms with E-state index in [0.29, 0.717) is 28.3 Å². The Balaban J connectivity index is 2.07. The predicted octanol–water partition coefficient (Wildman–Crippen LogP) is 3.01. The molecule has 0 saturated carbocycles. The number of benzene rings is 2. The van der Waals surface area contributed by atoms with Gasteiger partial charge in [0.05, 0.1) is 19.8 Å². The number of nitrogens with one attached hydrogen (secondary N) is 1. The lowest BCUT2D eigenvalue weighted by atomic mass is 10.1. The van der Waals surface area contributed by atoms with Crippen LogP contribution in [0.3, 0.4) is 0 Å². The number of hydrogen-bond donors (Lipinski definition) is 1. The Morgan fingerprint density at radius 1 is 0.963 bits per heavy atom. The molecule has 0 saturated heterocycles. The second-order valence-electron chi connectivity index (χ2n) is 5.78. The Labute approximate surface area is 157 Å². The number of aryl methyl sites for hydroxylation is 1. The van der Waals surface area contributed by atoms with Crippen molar-refractivity contribution < 1.29 is 28.6 Å². The number of rotatable bonds is 7. The van der Waals surface area contributed by atoms with Crippen molar-refractivity contribution in [3.63, 3.8) is 0 Å². The molecule has 0 atom stereocenters. The first-order valence-electron chi connectivity index (χ1n) is 8.16. The minimum atomic E-state index is -0.489. The van der Waals surface area contributed by atoms with Crippen molar-refractivity contribution in [2.75, 3.05) is 26.1 Å². The molecule has 2 aromatic carbocycles. The van der Waals surface area contributed by atoms with Crippen LogP contribution in [0.4, 0.5) is 5.69 Å². The van der Waals surface area contributed by atoms with E-state index in [2.05, 4.69) is 10.1 Å². The topological polar surface area (TPSA) is 90.9 Å². The van der Waals surface area contributed by atoms with Gasteiger partial charge in [0, 0.05) is 11.3 Å². The molecule has 27 heavy (non-hydrogen) atoms. The van der Waals surface area contributed by atoms with Crippen molar-refractivity contribution in [2.24, 2.45) is 0 Å². The summed E-state index contributed by atoms with van der Waals surface area (Å²) in [6.45, 7) is 2.99.